The van der Waals surface area contributed by atoms with Crippen molar-refractivity contribution in [3.63, 3.8) is 0 Å². The standard InChI is InChI=1S/C15H18F3NO.ClH/c1-8(2)9-3-10-11-5-19-6-14(11)20-7-12(10)13(4-9)15(16,17)18;/h3-4,8,11,14,19H,5-7H2,1-2H3;1H. The Labute approximate surface area is 128 Å². The third kappa shape index (κ3) is 2.91. The molecule has 2 aliphatic rings. The summed E-state index contributed by atoms with van der Waals surface area (Å²) in [5.74, 6) is 0.121. The molecule has 0 amide bonds. The van der Waals surface area contributed by atoms with Gasteiger partial charge in [0.15, 0.2) is 0 Å². The molecule has 0 saturated carbocycles. The highest BCUT2D eigenvalue weighted by Gasteiger charge is 2.41. The van der Waals surface area contributed by atoms with Crippen LogP contribution >= 0.6 is 12.4 Å². The van der Waals surface area contributed by atoms with Gasteiger partial charge in [-0.05, 0) is 28.7 Å². The summed E-state index contributed by atoms with van der Waals surface area (Å²) in [6, 6.07) is 3.23. The number of hydrogen-bond acceptors (Lipinski definition) is 2. The number of benzene rings is 1. The minimum absolute atomic E-state index is 0. The molecule has 2 aliphatic heterocycles. The third-order valence-electron chi connectivity index (χ3n) is 4.28. The fourth-order valence-corrected chi connectivity index (χ4v) is 3.13. The van der Waals surface area contributed by atoms with Gasteiger partial charge in [-0.2, -0.15) is 13.2 Å². The van der Waals surface area contributed by atoms with Gasteiger partial charge < -0.3 is 10.1 Å². The molecule has 0 aromatic heterocycles. The first-order valence-corrected chi connectivity index (χ1v) is 6.94. The summed E-state index contributed by atoms with van der Waals surface area (Å²) < 4.78 is 45.5. The van der Waals surface area contributed by atoms with Gasteiger partial charge in [0.05, 0.1) is 18.3 Å². The quantitative estimate of drug-likeness (QED) is 0.848. The lowest BCUT2D eigenvalue weighted by molar-refractivity contribution is -0.139. The summed E-state index contributed by atoms with van der Waals surface area (Å²) in [5, 5.41) is 3.21. The molecule has 118 valence electrons. The van der Waals surface area contributed by atoms with E-state index >= 15 is 0 Å². The van der Waals surface area contributed by atoms with Gasteiger partial charge >= 0.3 is 6.18 Å². The predicted octanol–water partition coefficient (Wildman–Crippen LogP) is 3.84. The molecule has 6 heteroatoms. The van der Waals surface area contributed by atoms with Crippen molar-refractivity contribution in [1.29, 1.82) is 0 Å². The summed E-state index contributed by atoms with van der Waals surface area (Å²) in [6.07, 6.45) is -4.32. The molecule has 1 aromatic carbocycles. The fourth-order valence-electron chi connectivity index (χ4n) is 3.13. The Morgan fingerprint density at radius 1 is 1.24 bits per heavy atom. The number of hydrogen-bond donors (Lipinski definition) is 1. The first-order chi connectivity index (χ1) is 9.38. The van der Waals surface area contributed by atoms with Crippen LogP contribution in [0, 0.1) is 0 Å². The van der Waals surface area contributed by atoms with E-state index in [0.29, 0.717) is 12.1 Å². The lowest BCUT2D eigenvalue weighted by Crippen LogP contribution is -2.29. The summed E-state index contributed by atoms with van der Waals surface area (Å²) in [4.78, 5) is 0. The highest BCUT2D eigenvalue weighted by atomic mass is 35.5. The minimum atomic E-state index is -4.32. The number of alkyl halides is 3. The predicted molar refractivity (Wildman–Crippen MR) is 77.0 cm³/mol. The van der Waals surface area contributed by atoms with Crippen LogP contribution in [0.4, 0.5) is 13.2 Å². The first kappa shape index (κ1) is 16.6. The van der Waals surface area contributed by atoms with Crippen LogP contribution in [0.1, 0.15) is 47.9 Å². The molecule has 1 saturated heterocycles. The highest BCUT2D eigenvalue weighted by molar-refractivity contribution is 5.85. The molecule has 0 radical (unpaired) electrons. The zero-order chi connectivity index (χ0) is 14.5. The molecule has 2 nitrogen and oxygen atoms in total. The average molecular weight is 322 g/mol. The molecular weight excluding hydrogens is 303 g/mol. The van der Waals surface area contributed by atoms with Gasteiger partial charge in [-0.1, -0.05) is 19.9 Å². The maximum Gasteiger partial charge on any atom is 0.416 e. The Morgan fingerprint density at radius 2 is 1.95 bits per heavy atom. The van der Waals surface area contributed by atoms with Crippen molar-refractivity contribution in [2.24, 2.45) is 0 Å². The molecule has 2 atom stereocenters. The van der Waals surface area contributed by atoms with Crippen molar-refractivity contribution in [2.75, 3.05) is 13.1 Å². The second-order valence-corrected chi connectivity index (χ2v) is 5.90. The van der Waals surface area contributed by atoms with Crippen LogP contribution in [0.3, 0.4) is 0 Å². The lowest BCUT2D eigenvalue weighted by Gasteiger charge is -2.31. The van der Waals surface area contributed by atoms with Crippen LogP contribution in [-0.4, -0.2) is 19.2 Å². The van der Waals surface area contributed by atoms with Gasteiger partial charge in [-0.25, -0.2) is 0 Å². The van der Waals surface area contributed by atoms with Crippen molar-refractivity contribution in [3.05, 3.63) is 34.4 Å². The highest BCUT2D eigenvalue weighted by Crippen LogP contribution is 2.42. The number of halogens is 4. The molecule has 1 N–H and O–H groups in total. The second-order valence-electron chi connectivity index (χ2n) is 5.90. The molecule has 3 rings (SSSR count). The SMILES string of the molecule is CC(C)c1cc2c(c(C(F)(F)F)c1)COC1CNCC21.Cl. The normalized spacial score (nSPS) is 24.5. The van der Waals surface area contributed by atoms with Crippen LogP contribution < -0.4 is 5.32 Å². The van der Waals surface area contributed by atoms with Gasteiger partial charge in [0.2, 0.25) is 0 Å². The second kappa shape index (κ2) is 5.78. The summed E-state index contributed by atoms with van der Waals surface area (Å²) in [6.45, 7) is 5.32. The van der Waals surface area contributed by atoms with Gasteiger partial charge in [-0.3, -0.25) is 0 Å². The molecule has 0 bridgehead atoms. The van der Waals surface area contributed by atoms with Crippen molar-refractivity contribution in [2.45, 2.75) is 44.6 Å². The maximum absolute atomic E-state index is 13.3. The van der Waals surface area contributed by atoms with Crippen molar-refractivity contribution >= 4 is 12.4 Å². The van der Waals surface area contributed by atoms with Gasteiger partial charge in [0, 0.05) is 19.0 Å². The van der Waals surface area contributed by atoms with E-state index in [-0.39, 0.29) is 37.0 Å². The topological polar surface area (TPSA) is 21.3 Å². The monoisotopic (exact) mass is 321 g/mol. The Kier molecular flexibility index (Phi) is 4.57. The van der Waals surface area contributed by atoms with E-state index in [1.165, 1.54) is 6.07 Å². The van der Waals surface area contributed by atoms with E-state index < -0.39 is 11.7 Å². The molecule has 0 spiro atoms. The van der Waals surface area contributed by atoms with Crippen LogP contribution in [0.5, 0.6) is 0 Å². The fraction of sp³-hybridized carbons (Fsp3) is 0.600. The Morgan fingerprint density at radius 3 is 2.57 bits per heavy atom. The Bertz CT molecular complexity index is 530. The van der Waals surface area contributed by atoms with E-state index in [1.54, 1.807) is 0 Å². The molecule has 1 fully saturated rings. The van der Waals surface area contributed by atoms with Gasteiger partial charge in [-0.15, -0.1) is 12.4 Å². The van der Waals surface area contributed by atoms with Crippen molar-refractivity contribution in [3.8, 4) is 0 Å². The Balaban J connectivity index is 0.00000161. The van der Waals surface area contributed by atoms with Crippen molar-refractivity contribution < 1.29 is 17.9 Å². The van der Waals surface area contributed by atoms with Gasteiger partial charge in [0.25, 0.3) is 0 Å². The van der Waals surface area contributed by atoms with Crippen LogP contribution in [0.2, 0.25) is 0 Å². The summed E-state index contributed by atoms with van der Waals surface area (Å²) in [7, 11) is 0. The van der Waals surface area contributed by atoms with Gasteiger partial charge in [0.1, 0.15) is 0 Å². The summed E-state index contributed by atoms with van der Waals surface area (Å²) in [5.41, 5.74) is 1.38. The minimum Gasteiger partial charge on any atom is -0.372 e. The number of ether oxygens (including phenoxy) is 1. The zero-order valence-corrected chi connectivity index (χ0v) is 12.8. The third-order valence-corrected chi connectivity index (χ3v) is 4.28. The van der Waals surface area contributed by atoms with E-state index in [2.05, 4.69) is 5.32 Å². The largest absolute Gasteiger partial charge is 0.416 e. The smallest absolute Gasteiger partial charge is 0.372 e. The van der Waals surface area contributed by atoms with E-state index in [9.17, 15) is 13.2 Å². The van der Waals surface area contributed by atoms with E-state index in [0.717, 1.165) is 17.7 Å². The van der Waals surface area contributed by atoms with Crippen LogP contribution in [-0.2, 0) is 17.5 Å². The molecular formula is C15H19ClF3NO. The zero-order valence-electron chi connectivity index (χ0n) is 12.0. The van der Waals surface area contributed by atoms with Crippen molar-refractivity contribution in [1.82, 2.24) is 5.32 Å². The maximum atomic E-state index is 13.3. The Hall–Kier alpha value is -0.780. The van der Waals surface area contributed by atoms with Crippen LogP contribution in [0.25, 0.3) is 0 Å². The molecule has 21 heavy (non-hydrogen) atoms. The van der Waals surface area contributed by atoms with E-state index in [1.807, 2.05) is 19.9 Å². The number of rotatable bonds is 1. The van der Waals surface area contributed by atoms with E-state index in [4.69, 9.17) is 4.74 Å². The molecule has 2 heterocycles. The van der Waals surface area contributed by atoms with Crippen LogP contribution in [0.15, 0.2) is 12.1 Å². The average Bonchev–Trinajstić information content (AvgIpc) is 2.84. The first-order valence-electron chi connectivity index (χ1n) is 6.94. The lowest BCUT2D eigenvalue weighted by atomic mass is 9.83. The number of nitrogens with one attached hydrogen (secondary N) is 1. The molecule has 2 unspecified atom stereocenters. The number of fused-ring (bicyclic) bond motifs is 3. The molecule has 0 aliphatic carbocycles. The molecule has 1 aromatic rings. The summed E-state index contributed by atoms with van der Waals surface area (Å²) >= 11 is 0.